The second-order valence-electron chi connectivity index (χ2n) is 5.44. The van der Waals surface area contributed by atoms with Crippen LogP contribution in [0.25, 0.3) is 10.4 Å². The zero-order chi connectivity index (χ0) is 18.2. The molecule has 0 aliphatic carbocycles. The number of hydrogen-bond acceptors (Lipinski definition) is 5. The van der Waals surface area contributed by atoms with Gasteiger partial charge in [-0.05, 0) is 32.4 Å². The molecule has 5 nitrogen and oxygen atoms in total. The summed E-state index contributed by atoms with van der Waals surface area (Å²) in [6.07, 6.45) is 0.242. The molecule has 0 fully saturated rings. The summed E-state index contributed by atoms with van der Waals surface area (Å²) in [6.45, 7) is 6.86. The summed E-state index contributed by atoms with van der Waals surface area (Å²) >= 11 is 1.32. The molecule has 1 aromatic heterocycles. The van der Waals surface area contributed by atoms with Crippen LogP contribution in [0.2, 0.25) is 0 Å². The van der Waals surface area contributed by atoms with E-state index in [1.54, 1.807) is 6.92 Å². The van der Waals surface area contributed by atoms with E-state index in [0.29, 0.717) is 23.8 Å². The zero-order valence-corrected chi connectivity index (χ0v) is 15.6. The highest BCUT2D eigenvalue weighted by Crippen LogP contribution is 2.35. The fraction of sp³-hybridized carbons (Fsp3) is 0.368. The van der Waals surface area contributed by atoms with Gasteiger partial charge >= 0.3 is 5.97 Å². The number of carbonyl (C=O) groups is 2. The lowest BCUT2D eigenvalue weighted by Gasteiger charge is -2.06. The molecular weight excluding hydrogens is 338 g/mol. The molecule has 6 heteroatoms. The normalized spacial score (nSPS) is 10.5. The van der Waals surface area contributed by atoms with Crippen molar-refractivity contribution >= 4 is 28.9 Å². The summed E-state index contributed by atoms with van der Waals surface area (Å²) < 4.78 is 10.3. The molecule has 1 N–H and O–H groups in total. The van der Waals surface area contributed by atoms with Crippen LogP contribution in [0.3, 0.4) is 0 Å². The van der Waals surface area contributed by atoms with Gasteiger partial charge in [0.25, 0.3) is 0 Å². The van der Waals surface area contributed by atoms with Gasteiger partial charge < -0.3 is 14.8 Å². The van der Waals surface area contributed by atoms with Crippen LogP contribution in [0.15, 0.2) is 30.3 Å². The van der Waals surface area contributed by atoms with E-state index >= 15 is 0 Å². The second kappa shape index (κ2) is 9.34. The van der Waals surface area contributed by atoms with Gasteiger partial charge in [0.2, 0.25) is 5.91 Å². The molecule has 0 saturated heterocycles. The standard InChI is InChI=1S/C19H23NO4S/c1-4-23-11-10-17(21)20-15-12-16(14-8-6-13(3)7-9-14)25-18(15)19(22)24-5-2/h6-9,12H,4-5,10-11H2,1-3H3,(H,20,21). The minimum atomic E-state index is -0.425. The van der Waals surface area contributed by atoms with Crippen LogP contribution in [-0.2, 0) is 14.3 Å². The first-order valence-electron chi connectivity index (χ1n) is 8.30. The topological polar surface area (TPSA) is 64.6 Å². The average Bonchev–Trinajstić information content (AvgIpc) is 3.00. The summed E-state index contributed by atoms with van der Waals surface area (Å²) in [6, 6.07) is 9.84. The molecule has 134 valence electrons. The quantitative estimate of drug-likeness (QED) is 0.563. The molecule has 1 heterocycles. The number of nitrogens with one attached hydrogen (secondary N) is 1. The van der Waals surface area contributed by atoms with E-state index in [9.17, 15) is 9.59 Å². The molecule has 0 saturated carbocycles. The highest BCUT2D eigenvalue weighted by molar-refractivity contribution is 7.18. The minimum Gasteiger partial charge on any atom is -0.462 e. The summed E-state index contributed by atoms with van der Waals surface area (Å²) in [5.41, 5.74) is 2.65. The molecule has 2 aromatic rings. The molecule has 0 spiro atoms. The third kappa shape index (κ3) is 5.41. The molecule has 1 amide bonds. The molecule has 0 bridgehead atoms. The molecule has 0 aliphatic heterocycles. The lowest BCUT2D eigenvalue weighted by atomic mass is 10.1. The Morgan fingerprint density at radius 3 is 2.48 bits per heavy atom. The van der Waals surface area contributed by atoms with Gasteiger partial charge in [-0.2, -0.15) is 0 Å². The first kappa shape index (κ1) is 19.1. The molecule has 0 atom stereocenters. The monoisotopic (exact) mass is 361 g/mol. The third-order valence-electron chi connectivity index (χ3n) is 3.48. The third-order valence-corrected chi connectivity index (χ3v) is 4.64. The van der Waals surface area contributed by atoms with Gasteiger partial charge in [-0.25, -0.2) is 4.79 Å². The first-order chi connectivity index (χ1) is 12.0. The van der Waals surface area contributed by atoms with Crippen molar-refractivity contribution in [3.05, 3.63) is 40.8 Å². The maximum atomic E-state index is 12.2. The van der Waals surface area contributed by atoms with Gasteiger partial charge in [0.15, 0.2) is 0 Å². The second-order valence-corrected chi connectivity index (χ2v) is 6.49. The molecule has 0 aliphatic rings. The molecule has 0 radical (unpaired) electrons. The Bertz CT molecular complexity index is 722. The van der Waals surface area contributed by atoms with Crippen molar-refractivity contribution in [2.45, 2.75) is 27.2 Å². The SMILES string of the molecule is CCOCCC(=O)Nc1cc(-c2ccc(C)cc2)sc1C(=O)OCC. The fourth-order valence-electron chi connectivity index (χ4n) is 2.21. The van der Waals surface area contributed by atoms with Crippen molar-refractivity contribution in [1.82, 2.24) is 0 Å². The Balaban J connectivity index is 2.24. The van der Waals surface area contributed by atoms with Gasteiger partial charge in [-0.1, -0.05) is 29.8 Å². The minimum absolute atomic E-state index is 0.188. The number of esters is 1. The highest BCUT2D eigenvalue weighted by atomic mass is 32.1. The number of aryl methyl sites for hydroxylation is 1. The maximum Gasteiger partial charge on any atom is 0.350 e. The van der Waals surface area contributed by atoms with Crippen molar-refractivity contribution in [3.63, 3.8) is 0 Å². The van der Waals surface area contributed by atoms with Crippen molar-refractivity contribution in [2.24, 2.45) is 0 Å². The molecular formula is C19H23NO4S. The zero-order valence-electron chi connectivity index (χ0n) is 14.8. The van der Waals surface area contributed by atoms with Crippen molar-refractivity contribution in [3.8, 4) is 10.4 Å². The number of ether oxygens (including phenoxy) is 2. The van der Waals surface area contributed by atoms with Crippen LogP contribution in [0.5, 0.6) is 0 Å². The smallest absolute Gasteiger partial charge is 0.350 e. The summed E-state index contributed by atoms with van der Waals surface area (Å²) in [7, 11) is 0. The molecule has 0 unspecified atom stereocenters. The number of anilines is 1. The predicted molar refractivity (Wildman–Crippen MR) is 100 cm³/mol. The number of carbonyl (C=O) groups excluding carboxylic acids is 2. The van der Waals surface area contributed by atoms with E-state index in [2.05, 4.69) is 5.32 Å². The number of hydrogen-bond donors (Lipinski definition) is 1. The Labute approximate surface area is 152 Å². The van der Waals surface area contributed by atoms with Gasteiger partial charge in [0.05, 0.1) is 25.3 Å². The van der Waals surface area contributed by atoms with Crippen molar-refractivity contribution in [1.29, 1.82) is 0 Å². The van der Waals surface area contributed by atoms with Gasteiger partial charge in [0.1, 0.15) is 4.88 Å². The van der Waals surface area contributed by atoms with Crippen LogP contribution in [0.1, 0.15) is 35.5 Å². The van der Waals surface area contributed by atoms with E-state index in [0.717, 1.165) is 16.0 Å². The van der Waals surface area contributed by atoms with Gasteiger partial charge in [-0.3, -0.25) is 4.79 Å². The van der Waals surface area contributed by atoms with Crippen LogP contribution >= 0.6 is 11.3 Å². The number of rotatable bonds is 8. The first-order valence-corrected chi connectivity index (χ1v) is 9.12. The highest BCUT2D eigenvalue weighted by Gasteiger charge is 2.20. The largest absolute Gasteiger partial charge is 0.462 e. The Morgan fingerprint density at radius 1 is 1.12 bits per heavy atom. The van der Waals surface area contributed by atoms with Crippen molar-refractivity contribution in [2.75, 3.05) is 25.1 Å². The number of benzene rings is 1. The Kier molecular flexibility index (Phi) is 7.16. The predicted octanol–water partition coefficient (Wildman–Crippen LogP) is 4.27. The Hall–Kier alpha value is -2.18. The fourth-order valence-corrected chi connectivity index (χ4v) is 3.23. The maximum absolute atomic E-state index is 12.2. The van der Waals surface area contributed by atoms with Crippen LogP contribution in [-0.4, -0.2) is 31.7 Å². The van der Waals surface area contributed by atoms with E-state index in [4.69, 9.17) is 9.47 Å². The summed E-state index contributed by atoms with van der Waals surface area (Å²) in [5.74, 6) is -0.613. The van der Waals surface area contributed by atoms with Crippen LogP contribution in [0.4, 0.5) is 5.69 Å². The van der Waals surface area contributed by atoms with Gasteiger partial charge in [0, 0.05) is 11.5 Å². The number of amides is 1. The van der Waals surface area contributed by atoms with Crippen LogP contribution in [0, 0.1) is 6.92 Å². The van der Waals surface area contributed by atoms with E-state index < -0.39 is 5.97 Å². The lowest BCUT2D eigenvalue weighted by Crippen LogP contribution is -2.16. The molecule has 25 heavy (non-hydrogen) atoms. The summed E-state index contributed by atoms with van der Waals surface area (Å²) in [4.78, 5) is 25.6. The van der Waals surface area contributed by atoms with E-state index in [1.807, 2.05) is 44.2 Å². The van der Waals surface area contributed by atoms with Crippen LogP contribution < -0.4 is 5.32 Å². The van der Waals surface area contributed by atoms with E-state index in [-0.39, 0.29) is 18.9 Å². The summed E-state index contributed by atoms with van der Waals surface area (Å²) in [5, 5.41) is 2.80. The van der Waals surface area contributed by atoms with E-state index in [1.165, 1.54) is 11.3 Å². The molecule has 2 rings (SSSR count). The van der Waals surface area contributed by atoms with Gasteiger partial charge in [-0.15, -0.1) is 11.3 Å². The lowest BCUT2D eigenvalue weighted by molar-refractivity contribution is -0.117. The average molecular weight is 361 g/mol. The van der Waals surface area contributed by atoms with Crippen molar-refractivity contribution < 1.29 is 19.1 Å². The Morgan fingerprint density at radius 2 is 1.84 bits per heavy atom. The molecule has 1 aromatic carbocycles. The number of thiophene rings is 1.